The Labute approximate surface area is 120 Å². The fourth-order valence-corrected chi connectivity index (χ4v) is 2.33. The van der Waals surface area contributed by atoms with Crippen molar-refractivity contribution in [3.05, 3.63) is 58.0 Å². The van der Waals surface area contributed by atoms with Gasteiger partial charge in [0.2, 0.25) is 0 Å². The average Bonchev–Trinajstić information content (AvgIpc) is 2.63. The van der Waals surface area contributed by atoms with Crippen LogP contribution in [0.5, 0.6) is 0 Å². The van der Waals surface area contributed by atoms with E-state index in [-0.39, 0.29) is 11.9 Å². The zero-order valence-corrected chi connectivity index (χ0v) is 12.7. The van der Waals surface area contributed by atoms with E-state index < -0.39 is 0 Å². The number of hydrogen-bond acceptors (Lipinski definition) is 2. The number of amides is 1. The quantitative estimate of drug-likeness (QED) is 0.916. The molecule has 0 saturated heterocycles. The molecule has 3 nitrogen and oxygen atoms in total. The molecule has 1 amide bonds. The number of aryl methyl sites for hydroxylation is 3. The standard InChI is InChI=1S/C17H21NO2/c1-10-6-8-15(9-7-10)12(3)18-17(19)16-11(2)13(4)20-14(16)5/h6-9,12H,1-5H3,(H,18,19). The molecule has 1 aromatic carbocycles. The van der Waals surface area contributed by atoms with Gasteiger partial charge in [-0.15, -0.1) is 0 Å². The van der Waals surface area contributed by atoms with Crippen molar-refractivity contribution in [1.82, 2.24) is 5.32 Å². The normalized spacial score (nSPS) is 12.2. The van der Waals surface area contributed by atoms with Crippen LogP contribution < -0.4 is 5.32 Å². The lowest BCUT2D eigenvalue weighted by molar-refractivity contribution is 0.0938. The lowest BCUT2D eigenvalue weighted by Gasteiger charge is -2.14. The Hall–Kier alpha value is -2.03. The van der Waals surface area contributed by atoms with Crippen molar-refractivity contribution in [1.29, 1.82) is 0 Å². The van der Waals surface area contributed by atoms with Crippen molar-refractivity contribution in [2.75, 3.05) is 0 Å². The highest BCUT2D eigenvalue weighted by Crippen LogP contribution is 2.22. The Bertz CT molecular complexity index is 623. The fourth-order valence-electron chi connectivity index (χ4n) is 2.33. The largest absolute Gasteiger partial charge is 0.466 e. The molecule has 0 fully saturated rings. The predicted molar refractivity (Wildman–Crippen MR) is 80.0 cm³/mol. The third kappa shape index (κ3) is 2.77. The lowest BCUT2D eigenvalue weighted by atomic mass is 10.1. The van der Waals surface area contributed by atoms with Gasteiger partial charge in [0.15, 0.2) is 0 Å². The molecular weight excluding hydrogens is 250 g/mol. The molecule has 3 heteroatoms. The van der Waals surface area contributed by atoms with Crippen LogP contribution in [-0.4, -0.2) is 5.91 Å². The smallest absolute Gasteiger partial charge is 0.255 e. The van der Waals surface area contributed by atoms with E-state index in [0.717, 1.165) is 16.9 Å². The molecule has 0 aliphatic heterocycles. The summed E-state index contributed by atoms with van der Waals surface area (Å²) in [5.74, 6) is 1.40. The molecule has 2 aromatic rings. The van der Waals surface area contributed by atoms with E-state index in [2.05, 4.69) is 17.4 Å². The van der Waals surface area contributed by atoms with Gasteiger partial charge in [-0.25, -0.2) is 0 Å². The monoisotopic (exact) mass is 271 g/mol. The fraction of sp³-hybridized carbons (Fsp3) is 0.353. The summed E-state index contributed by atoms with van der Waals surface area (Å²) in [4.78, 5) is 12.4. The second kappa shape index (κ2) is 5.53. The molecule has 1 atom stereocenters. The minimum atomic E-state index is -0.0788. The molecule has 0 radical (unpaired) electrons. The first kappa shape index (κ1) is 14.4. The van der Waals surface area contributed by atoms with E-state index in [4.69, 9.17) is 4.42 Å². The van der Waals surface area contributed by atoms with Gasteiger partial charge in [0.05, 0.1) is 11.6 Å². The van der Waals surface area contributed by atoms with E-state index in [1.54, 1.807) is 0 Å². The van der Waals surface area contributed by atoms with Gasteiger partial charge in [0.25, 0.3) is 5.91 Å². The Kier molecular flexibility index (Phi) is 3.98. The van der Waals surface area contributed by atoms with Gasteiger partial charge >= 0.3 is 0 Å². The second-order valence-electron chi connectivity index (χ2n) is 5.32. The molecule has 0 aliphatic carbocycles. The van der Waals surface area contributed by atoms with Crippen molar-refractivity contribution >= 4 is 5.91 Å². The van der Waals surface area contributed by atoms with E-state index in [1.165, 1.54) is 5.56 Å². The third-order valence-electron chi connectivity index (χ3n) is 3.71. The Balaban J connectivity index is 2.17. The van der Waals surface area contributed by atoms with Gasteiger partial charge in [-0.3, -0.25) is 4.79 Å². The number of benzene rings is 1. The minimum absolute atomic E-state index is 0.0305. The Morgan fingerprint density at radius 2 is 1.65 bits per heavy atom. The molecule has 0 saturated carbocycles. The maximum atomic E-state index is 12.4. The minimum Gasteiger partial charge on any atom is -0.466 e. The molecule has 0 aliphatic rings. The topological polar surface area (TPSA) is 42.2 Å². The van der Waals surface area contributed by atoms with Crippen LogP contribution in [0.2, 0.25) is 0 Å². The Morgan fingerprint density at radius 3 is 2.15 bits per heavy atom. The van der Waals surface area contributed by atoms with Gasteiger partial charge in [-0.1, -0.05) is 29.8 Å². The third-order valence-corrected chi connectivity index (χ3v) is 3.71. The zero-order valence-electron chi connectivity index (χ0n) is 12.7. The molecule has 1 aromatic heterocycles. The predicted octanol–water partition coefficient (Wildman–Crippen LogP) is 4.00. The molecule has 1 heterocycles. The molecule has 0 bridgehead atoms. The van der Waals surface area contributed by atoms with Crippen LogP contribution >= 0.6 is 0 Å². The van der Waals surface area contributed by atoms with Crippen LogP contribution in [-0.2, 0) is 0 Å². The summed E-state index contributed by atoms with van der Waals surface area (Å²) in [6, 6.07) is 8.16. The Morgan fingerprint density at radius 1 is 1.05 bits per heavy atom. The second-order valence-corrected chi connectivity index (χ2v) is 5.32. The number of furan rings is 1. The van der Waals surface area contributed by atoms with Crippen molar-refractivity contribution in [3.8, 4) is 0 Å². The number of carbonyl (C=O) groups excluding carboxylic acids is 1. The van der Waals surface area contributed by atoms with Gasteiger partial charge in [0, 0.05) is 5.56 Å². The summed E-state index contributed by atoms with van der Waals surface area (Å²) in [6.45, 7) is 9.65. The molecule has 1 N–H and O–H groups in total. The summed E-state index contributed by atoms with van der Waals surface area (Å²) in [7, 11) is 0. The highest BCUT2D eigenvalue weighted by atomic mass is 16.3. The first-order valence-corrected chi connectivity index (χ1v) is 6.84. The van der Waals surface area contributed by atoms with Crippen molar-refractivity contribution in [2.45, 2.75) is 40.7 Å². The highest BCUT2D eigenvalue weighted by molar-refractivity contribution is 5.97. The summed E-state index contributed by atoms with van der Waals surface area (Å²) in [5, 5.41) is 3.03. The molecule has 0 spiro atoms. The van der Waals surface area contributed by atoms with Crippen LogP contribution in [0, 0.1) is 27.7 Å². The van der Waals surface area contributed by atoms with E-state index in [9.17, 15) is 4.79 Å². The summed E-state index contributed by atoms with van der Waals surface area (Å²) in [5.41, 5.74) is 3.88. The first-order chi connectivity index (χ1) is 9.40. The number of rotatable bonds is 3. The van der Waals surface area contributed by atoms with Crippen LogP contribution in [0.1, 0.15) is 51.5 Å². The zero-order chi connectivity index (χ0) is 14.9. The molecule has 2 rings (SSSR count). The number of carbonyl (C=O) groups is 1. The SMILES string of the molecule is Cc1ccc(C(C)NC(=O)c2c(C)oc(C)c2C)cc1. The maximum Gasteiger partial charge on any atom is 0.255 e. The number of hydrogen-bond donors (Lipinski definition) is 1. The molecule has 20 heavy (non-hydrogen) atoms. The number of nitrogens with one attached hydrogen (secondary N) is 1. The van der Waals surface area contributed by atoms with E-state index in [0.29, 0.717) is 11.3 Å². The van der Waals surface area contributed by atoms with Crippen molar-refractivity contribution < 1.29 is 9.21 Å². The van der Waals surface area contributed by atoms with Gasteiger partial charge in [0.1, 0.15) is 11.5 Å². The first-order valence-electron chi connectivity index (χ1n) is 6.84. The van der Waals surface area contributed by atoms with Gasteiger partial charge in [-0.2, -0.15) is 0 Å². The summed E-state index contributed by atoms with van der Waals surface area (Å²) < 4.78 is 5.51. The molecule has 106 valence electrons. The van der Waals surface area contributed by atoms with Crippen LogP contribution in [0.4, 0.5) is 0 Å². The van der Waals surface area contributed by atoms with Crippen LogP contribution in [0.25, 0.3) is 0 Å². The van der Waals surface area contributed by atoms with E-state index in [1.807, 2.05) is 46.8 Å². The van der Waals surface area contributed by atoms with Gasteiger partial charge in [-0.05, 0) is 40.2 Å². The van der Waals surface area contributed by atoms with Crippen molar-refractivity contribution in [2.24, 2.45) is 0 Å². The molecular formula is C17H21NO2. The average molecular weight is 271 g/mol. The lowest BCUT2D eigenvalue weighted by Crippen LogP contribution is -2.27. The molecule has 1 unspecified atom stereocenters. The summed E-state index contributed by atoms with van der Waals surface area (Å²) in [6.07, 6.45) is 0. The van der Waals surface area contributed by atoms with Crippen molar-refractivity contribution in [3.63, 3.8) is 0 Å². The van der Waals surface area contributed by atoms with Crippen LogP contribution in [0.3, 0.4) is 0 Å². The highest BCUT2D eigenvalue weighted by Gasteiger charge is 2.20. The maximum absolute atomic E-state index is 12.4. The summed E-state index contributed by atoms with van der Waals surface area (Å²) >= 11 is 0. The van der Waals surface area contributed by atoms with E-state index >= 15 is 0 Å². The van der Waals surface area contributed by atoms with Gasteiger partial charge < -0.3 is 9.73 Å². The van der Waals surface area contributed by atoms with Crippen LogP contribution in [0.15, 0.2) is 28.7 Å².